The van der Waals surface area contributed by atoms with Crippen molar-refractivity contribution in [2.24, 2.45) is 5.41 Å². The normalized spacial score (nSPS) is 26.5. The maximum Gasteiger partial charge on any atom is 0.261 e. The second-order valence-corrected chi connectivity index (χ2v) is 7.98. The number of nitrogens with zero attached hydrogens (tertiary/aromatic N) is 3. The Kier molecular flexibility index (Phi) is 5.61. The molecule has 2 aliphatic heterocycles. The molecule has 26 heavy (non-hydrogen) atoms. The molecule has 3 rings (SSSR count). The zero-order chi connectivity index (χ0) is 18.8. The van der Waals surface area contributed by atoms with Gasteiger partial charge in [0.2, 0.25) is 5.91 Å². The van der Waals surface area contributed by atoms with Crippen molar-refractivity contribution >= 4 is 5.91 Å². The molecule has 1 amide bonds. The van der Waals surface area contributed by atoms with Gasteiger partial charge in [-0.1, -0.05) is 19.4 Å². The van der Waals surface area contributed by atoms with Crippen molar-refractivity contribution in [3.63, 3.8) is 0 Å². The van der Waals surface area contributed by atoms with Gasteiger partial charge in [0.1, 0.15) is 0 Å². The molecule has 0 radical (unpaired) electrons. The first-order valence-electron chi connectivity index (χ1n) is 9.66. The van der Waals surface area contributed by atoms with Gasteiger partial charge in [0.25, 0.3) is 5.92 Å². The number of amides is 1. The summed E-state index contributed by atoms with van der Waals surface area (Å²) in [5, 5.41) is 0. The highest BCUT2D eigenvalue weighted by molar-refractivity contribution is 5.84. The van der Waals surface area contributed by atoms with Crippen LogP contribution >= 0.6 is 0 Å². The first kappa shape index (κ1) is 19.2. The monoisotopic (exact) mass is 365 g/mol. The average molecular weight is 365 g/mol. The third-order valence-electron chi connectivity index (χ3n) is 5.53. The van der Waals surface area contributed by atoms with Crippen molar-refractivity contribution in [2.75, 3.05) is 26.2 Å². The van der Waals surface area contributed by atoms with E-state index < -0.39 is 11.3 Å². The molecule has 2 aliphatic rings. The number of carbonyl (C=O) groups is 1. The molecule has 6 heteroatoms. The van der Waals surface area contributed by atoms with E-state index in [4.69, 9.17) is 0 Å². The lowest BCUT2D eigenvalue weighted by molar-refractivity contribution is -0.170. The van der Waals surface area contributed by atoms with Gasteiger partial charge < -0.3 is 4.90 Å². The van der Waals surface area contributed by atoms with E-state index in [1.807, 2.05) is 25.1 Å². The maximum absolute atomic E-state index is 14.5. The quantitative estimate of drug-likeness (QED) is 0.799. The van der Waals surface area contributed by atoms with Gasteiger partial charge in [0.05, 0.1) is 24.2 Å². The molecule has 2 fully saturated rings. The number of halogens is 2. The smallest absolute Gasteiger partial charge is 0.261 e. The molecule has 0 bridgehead atoms. The summed E-state index contributed by atoms with van der Waals surface area (Å²) in [6, 6.07) is 5.73. The number of pyridine rings is 1. The second-order valence-electron chi connectivity index (χ2n) is 7.98. The number of hydrogen-bond donors (Lipinski definition) is 0. The molecule has 3 heterocycles. The number of aromatic nitrogens is 1. The van der Waals surface area contributed by atoms with E-state index in [9.17, 15) is 13.6 Å². The lowest BCUT2D eigenvalue weighted by Gasteiger charge is -2.49. The predicted molar refractivity (Wildman–Crippen MR) is 97.0 cm³/mol. The zero-order valence-electron chi connectivity index (χ0n) is 15.8. The molecule has 0 saturated carbocycles. The molecule has 4 nitrogen and oxygen atoms in total. The largest absolute Gasteiger partial charge is 0.336 e. The zero-order valence-corrected chi connectivity index (χ0v) is 15.8. The van der Waals surface area contributed by atoms with Gasteiger partial charge >= 0.3 is 0 Å². The molecule has 1 spiro atoms. The molecular formula is C20H29F2N3O. The Bertz CT molecular complexity index is 652. The maximum atomic E-state index is 14.5. The van der Waals surface area contributed by atoms with Crippen LogP contribution in [-0.2, 0) is 11.3 Å². The molecule has 1 aromatic rings. The Morgan fingerprint density at radius 3 is 2.81 bits per heavy atom. The van der Waals surface area contributed by atoms with E-state index in [-0.39, 0.29) is 18.9 Å². The number of likely N-dealkylation sites (tertiary alicyclic amines) is 2. The summed E-state index contributed by atoms with van der Waals surface area (Å²) in [7, 11) is 0. The van der Waals surface area contributed by atoms with Crippen LogP contribution in [0.4, 0.5) is 8.78 Å². The minimum Gasteiger partial charge on any atom is -0.336 e. The number of carbonyl (C=O) groups excluding carboxylic acids is 1. The summed E-state index contributed by atoms with van der Waals surface area (Å²) < 4.78 is 28.9. The van der Waals surface area contributed by atoms with Crippen LogP contribution in [0.1, 0.15) is 50.4 Å². The Morgan fingerprint density at radius 2 is 2.08 bits per heavy atom. The molecule has 0 aliphatic carbocycles. The van der Waals surface area contributed by atoms with Gasteiger partial charge in [-0.2, -0.15) is 0 Å². The van der Waals surface area contributed by atoms with Crippen molar-refractivity contribution in [3.8, 4) is 0 Å². The molecule has 1 atom stereocenters. The number of aryl methyl sites for hydroxylation is 1. The van der Waals surface area contributed by atoms with Crippen molar-refractivity contribution in [1.29, 1.82) is 0 Å². The SMILES string of the molecule is CCCCN1CC(F)(F)C[C@]2(CCCN(Cc3cccc(C)n3)C2=O)C1. The summed E-state index contributed by atoms with van der Waals surface area (Å²) in [5.41, 5.74) is 0.773. The average Bonchev–Trinajstić information content (AvgIpc) is 2.56. The van der Waals surface area contributed by atoms with E-state index in [2.05, 4.69) is 11.9 Å². The van der Waals surface area contributed by atoms with E-state index >= 15 is 0 Å². The Hall–Kier alpha value is -1.56. The van der Waals surface area contributed by atoms with Crippen LogP contribution in [0.15, 0.2) is 18.2 Å². The fourth-order valence-electron chi connectivity index (χ4n) is 4.45. The van der Waals surface area contributed by atoms with Gasteiger partial charge in [0, 0.05) is 25.2 Å². The fraction of sp³-hybridized carbons (Fsp3) is 0.700. The van der Waals surface area contributed by atoms with Crippen molar-refractivity contribution in [2.45, 2.75) is 58.4 Å². The van der Waals surface area contributed by atoms with Crippen LogP contribution in [0.3, 0.4) is 0 Å². The number of piperidine rings is 2. The van der Waals surface area contributed by atoms with E-state index in [0.717, 1.165) is 30.7 Å². The third kappa shape index (κ3) is 4.22. The van der Waals surface area contributed by atoms with Crippen LogP contribution in [0.5, 0.6) is 0 Å². The summed E-state index contributed by atoms with van der Waals surface area (Å²) >= 11 is 0. The first-order valence-corrected chi connectivity index (χ1v) is 9.66. The molecule has 0 aromatic carbocycles. The first-order chi connectivity index (χ1) is 12.3. The summed E-state index contributed by atoms with van der Waals surface area (Å²) in [6.07, 6.45) is 2.86. The predicted octanol–water partition coefficient (Wildman–Crippen LogP) is 3.64. The van der Waals surface area contributed by atoms with Gasteiger partial charge in [-0.3, -0.25) is 14.7 Å². The number of unbranched alkanes of at least 4 members (excludes halogenated alkanes) is 1. The fourth-order valence-corrected chi connectivity index (χ4v) is 4.45. The van der Waals surface area contributed by atoms with Crippen molar-refractivity contribution in [3.05, 3.63) is 29.6 Å². The van der Waals surface area contributed by atoms with E-state index in [1.165, 1.54) is 0 Å². The van der Waals surface area contributed by atoms with Crippen LogP contribution in [0.25, 0.3) is 0 Å². The van der Waals surface area contributed by atoms with E-state index in [1.54, 1.807) is 9.80 Å². The topological polar surface area (TPSA) is 36.4 Å². The molecule has 0 N–H and O–H groups in total. The summed E-state index contributed by atoms with van der Waals surface area (Å²) in [5.74, 6) is -2.92. The minimum absolute atomic E-state index is 0.118. The highest BCUT2D eigenvalue weighted by Crippen LogP contribution is 2.45. The van der Waals surface area contributed by atoms with Crippen LogP contribution in [0, 0.1) is 12.3 Å². The summed E-state index contributed by atoms with van der Waals surface area (Å²) in [4.78, 5) is 21.2. The van der Waals surface area contributed by atoms with Crippen LogP contribution in [0.2, 0.25) is 0 Å². The lowest BCUT2D eigenvalue weighted by atomic mass is 9.71. The molecule has 0 unspecified atom stereocenters. The third-order valence-corrected chi connectivity index (χ3v) is 5.53. The second kappa shape index (κ2) is 7.59. The number of alkyl halides is 2. The highest BCUT2D eigenvalue weighted by Gasteiger charge is 2.54. The Morgan fingerprint density at radius 1 is 1.27 bits per heavy atom. The Balaban J connectivity index is 1.78. The Labute approximate surface area is 154 Å². The van der Waals surface area contributed by atoms with E-state index in [0.29, 0.717) is 32.6 Å². The molecule has 2 saturated heterocycles. The van der Waals surface area contributed by atoms with Gasteiger partial charge in [-0.25, -0.2) is 8.78 Å². The standard InChI is InChI=1S/C20H29F2N3O/c1-3-4-10-24-14-19(13-20(21,22)15-24)9-6-11-25(18(19)26)12-17-8-5-7-16(2)23-17/h5,7-8H,3-4,6,9-15H2,1-2H3/t19-/m1/s1. The van der Waals surface area contributed by atoms with Gasteiger partial charge in [-0.05, 0) is 44.9 Å². The minimum atomic E-state index is -2.80. The van der Waals surface area contributed by atoms with Crippen LogP contribution in [-0.4, -0.2) is 52.8 Å². The number of rotatable bonds is 5. The van der Waals surface area contributed by atoms with Crippen LogP contribution < -0.4 is 0 Å². The lowest BCUT2D eigenvalue weighted by Crippen LogP contribution is -2.60. The highest BCUT2D eigenvalue weighted by atomic mass is 19.3. The van der Waals surface area contributed by atoms with Gasteiger partial charge in [-0.15, -0.1) is 0 Å². The molecular weight excluding hydrogens is 336 g/mol. The van der Waals surface area contributed by atoms with Crippen molar-refractivity contribution in [1.82, 2.24) is 14.8 Å². The summed E-state index contributed by atoms with van der Waals surface area (Å²) in [6.45, 7) is 5.87. The van der Waals surface area contributed by atoms with Gasteiger partial charge in [0.15, 0.2) is 0 Å². The van der Waals surface area contributed by atoms with Crippen molar-refractivity contribution < 1.29 is 13.6 Å². The molecule has 1 aromatic heterocycles. The number of hydrogen-bond acceptors (Lipinski definition) is 3. The molecule has 144 valence electrons.